The third kappa shape index (κ3) is 6.42. The second-order valence-corrected chi connectivity index (χ2v) is 11.5. The fraction of sp³-hybridized carbons (Fsp3) is 0.375. The largest absolute Gasteiger partial charge is 0.339 e. The van der Waals surface area contributed by atoms with Gasteiger partial charge in [-0.25, -0.2) is 0 Å². The molecule has 0 bridgehead atoms. The van der Waals surface area contributed by atoms with E-state index in [4.69, 9.17) is 23.2 Å². The lowest BCUT2D eigenvalue weighted by Gasteiger charge is -2.34. The van der Waals surface area contributed by atoms with Gasteiger partial charge in [-0.2, -0.15) is 0 Å². The zero-order valence-electron chi connectivity index (χ0n) is 21.6. The Hall–Kier alpha value is -2.82. The Bertz CT molecular complexity index is 1150. The molecule has 0 atom stereocenters. The number of halogens is 2. The zero-order chi connectivity index (χ0) is 26.5. The van der Waals surface area contributed by atoms with Gasteiger partial charge in [-0.1, -0.05) is 83.9 Å². The van der Waals surface area contributed by atoms with Crippen LogP contribution in [0.5, 0.6) is 0 Å². The number of likely N-dealkylation sites (tertiary alicyclic amines) is 2. The Labute approximate surface area is 235 Å². The van der Waals surface area contributed by atoms with Crippen molar-refractivity contribution < 1.29 is 9.59 Å². The molecule has 2 aliphatic rings. The summed E-state index contributed by atoms with van der Waals surface area (Å²) in [6, 6.07) is 24.2. The predicted molar refractivity (Wildman–Crippen MR) is 154 cm³/mol. The van der Waals surface area contributed by atoms with E-state index in [1.807, 2.05) is 21.9 Å². The van der Waals surface area contributed by atoms with E-state index >= 15 is 0 Å². The number of hydrogen-bond donors (Lipinski definition) is 0. The molecule has 6 heteroatoms. The maximum absolute atomic E-state index is 13.6. The normalized spacial score (nSPS) is 17.0. The standard InChI is InChI=1S/C32H34Cl2N2O2/c33-29-21-27(31(37)35-15-11-25(12-16-35)19-23-7-3-1-4-8-23)28(22-30(29)34)32(38)36-17-13-26(14-18-36)20-24-9-5-2-6-10-24/h1-10,21-22,25-26H,11-20H2. The summed E-state index contributed by atoms with van der Waals surface area (Å²) >= 11 is 12.7. The molecule has 3 aromatic carbocycles. The van der Waals surface area contributed by atoms with Crippen LogP contribution in [0.25, 0.3) is 0 Å². The van der Waals surface area contributed by atoms with Gasteiger partial charge in [0, 0.05) is 26.2 Å². The fourth-order valence-corrected chi connectivity index (χ4v) is 6.14. The molecular weight excluding hydrogens is 515 g/mol. The average molecular weight is 550 g/mol. The van der Waals surface area contributed by atoms with Crippen LogP contribution in [-0.2, 0) is 12.8 Å². The van der Waals surface area contributed by atoms with Gasteiger partial charge in [-0.05, 0) is 73.6 Å². The van der Waals surface area contributed by atoms with Crippen LogP contribution in [0.1, 0.15) is 57.5 Å². The van der Waals surface area contributed by atoms with E-state index in [2.05, 4.69) is 48.5 Å². The lowest BCUT2D eigenvalue weighted by atomic mass is 9.89. The topological polar surface area (TPSA) is 40.6 Å². The van der Waals surface area contributed by atoms with Crippen LogP contribution in [0.15, 0.2) is 72.8 Å². The molecule has 2 aliphatic heterocycles. The minimum atomic E-state index is -0.135. The third-order valence-electron chi connectivity index (χ3n) is 8.06. The molecule has 4 nitrogen and oxygen atoms in total. The van der Waals surface area contributed by atoms with Gasteiger partial charge in [0.05, 0.1) is 21.2 Å². The summed E-state index contributed by atoms with van der Waals surface area (Å²) in [7, 11) is 0. The maximum Gasteiger partial charge on any atom is 0.254 e. The summed E-state index contributed by atoms with van der Waals surface area (Å²) in [5.74, 6) is 0.829. The number of amides is 2. The van der Waals surface area contributed by atoms with E-state index in [0.29, 0.717) is 59.2 Å². The lowest BCUT2D eigenvalue weighted by Crippen LogP contribution is -2.42. The highest BCUT2D eigenvalue weighted by molar-refractivity contribution is 6.42. The molecule has 0 radical (unpaired) electrons. The van der Waals surface area contributed by atoms with E-state index in [1.54, 1.807) is 12.1 Å². The third-order valence-corrected chi connectivity index (χ3v) is 8.78. The summed E-state index contributed by atoms with van der Waals surface area (Å²) in [5.41, 5.74) is 3.39. The Balaban J connectivity index is 1.23. The Morgan fingerprint density at radius 3 is 1.29 bits per heavy atom. The van der Waals surface area contributed by atoms with Crippen LogP contribution in [0.4, 0.5) is 0 Å². The summed E-state index contributed by atoms with van der Waals surface area (Å²) < 4.78 is 0. The van der Waals surface area contributed by atoms with Crippen molar-refractivity contribution in [2.75, 3.05) is 26.2 Å². The van der Waals surface area contributed by atoms with Gasteiger partial charge in [-0.15, -0.1) is 0 Å². The number of nitrogens with zero attached hydrogens (tertiary/aromatic N) is 2. The quantitative estimate of drug-likeness (QED) is 0.327. The summed E-state index contributed by atoms with van der Waals surface area (Å²) in [6.07, 6.45) is 5.83. The van der Waals surface area contributed by atoms with Gasteiger partial charge in [0.1, 0.15) is 0 Å². The molecular formula is C32H34Cl2N2O2. The minimum absolute atomic E-state index is 0.135. The Morgan fingerprint density at radius 1 is 0.605 bits per heavy atom. The molecule has 0 saturated carbocycles. The number of hydrogen-bond acceptors (Lipinski definition) is 2. The number of benzene rings is 3. The molecule has 0 N–H and O–H groups in total. The molecule has 5 rings (SSSR count). The van der Waals surface area contributed by atoms with Gasteiger partial charge < -0.3 is 9.80 Å². The van der Waals surface area contributed by atoms with Crippen molar-refractivity contribution in [3.8, 4) is 0 Å². The summed E-state index contributed by atoms with van der Waals surface area (Å²) in [5, 5.41) is 0.596. The van der Waals surface area contributed by atoms with Gasteiger partial charge >= 0.3 is 0 Å². The van der Waals surface area contributed by atoms with Crippen LogP contribution in [-0.4, -0.2) is 47.8 Å². The first-order valence-corrected chi connectivity index (χ1v) is 14.4. The highest BCUT2D eigenvalue weighted by Crippen LogP contribution is 2.31. The van der Waals surface area contributed by atoms with E-state index in [1.165, 1.54) is 11.1 Å². The molecule has 3 aromatic rings. The van der Waals surface area contributed by atoms with Crippen LogP contribution in [0, 0.1) is 11.8 Å². The number of piperidine rings is 2. The second kappa shape index (κ2) is 12.4. The van der Waals surface area contributed by atoms with E-state index in [0.717, 1.165) is 38.5 Å². The summed E-state index contributed by atoms with van der Waals surface area (Å²) in [6.45, 7) is 2.70. The van der Waals surface area contributed by atoms with Gasteiger partial charge in [0.25, 0.3) is 11.8 Å². The van der Waals surface area contributed by atoms with Crippen molar-refractivity contribution in [3.63, 3.8) is 0 Å². The van der Waals surface area contributed by atoms with E-state index in [9.17, 15) is 9.59 Å². The van der Waals surface area contributed by atoms with E-state index in [-0.39, 0.29) is 11.8 Å². The molecule has 2 heterocycles. The van der Waals surface area contributed by atoms with Crippen molar-refractivity contribution in [2.24, 2.45) is 11.8 Å². The number of carbonyl (C=O) groups is 2. The van der Waals surface area contributed by atoms with Crippen LogP contribution < -0.4 is 0 Å². The zero-order valence-corrected chi connectivity index (χ0v) is 23.1. The molecule has 2 fully saturated rings. The monoisotopic (exact) mass is 548 g/mol. The van der Waals surface area contributed by atoms with Gasteiger partial charge in [0.2, 0.25) is 0 Å². The highest BCUT2D eigenvalue weighted by atomic mass is 35.5. The van der Waals surface area contributed by atoms with Crippen LogP contribution >= 0.6 is 23.2 Å². The molecule has 2 amide bonds. The number of rotatable bonds is 6. The predicted octanol–water partition coefficient (Wildman–Crippen LogP) is 7.18. The van der Waals surface area contributed by atoms with Crippen molar-refractivity contribution in [3.05, 3.63) is 105 Å². The van der Waals surface area contributed by atoms with Crippen molar-refractivity contribution >= 4 is 35.0 Å². The Kier molecular flexibility index (Phi) is 8.71. The molecule has 0 aliphatic carbocycles. The van der Waals surface area contributed by atoms with Gasteiger partial charge in [0.15, 0.2) is 0 Å². The SMILES string of the molecule is O=C(c1cc(Cl)c(Cl)cc1C(=O)N1CCC(Cc2ccccc2)CC1)N1CCC(Cc2ccccc2)CC1. The number of carbonyl (C=O) groups excluding carboxylic acids is 2. The minimum Gasteiger partial charge on any atom is -0.339 e. The molecule has 38 heavy (non-hydrogen) atoms. The van der Waals surface area contributed by atoms with Crippen molar-refractivity contribution in [1.29, 1.82) is 0 Å². The smallest absolute Gasteiger partial charge is 0.254 e. The van der Waals surface area contributed by atoms with Crippen molar-refractivity contribution in [2.45, 2.75) is 38.5 Å². The second-order valence-electron chi connectivity index (χ2n) is 10.7. The van der Waals surface area contributed by atoms with Crippen LogP contribution in [0.3, 0.4) is 0 Å². The first-order valence-electron chi connectivity index (χ1n) is 13.6. The fourth-order valence-electron chi connectivity index (χ4n) is 5.82. The van der Waals surface area contributed by atoms with Crippen LogP contribution in [0.2, 0.25) is 10.0 Å². The molecule has 198 valence electrons. The van der Waals surface area contributed by atoms with Crippen molar-refractivity contribution in [1.82, 2.24) is 9.80 Å². The lowest BCUT2D eigenvalue weighted by molar-refractivity contribution is 0.0651. The molecule has 0 unspecified atom stereocenters. The van der Waals surface area contributed by atoms with Gasteiger partial charge in [-0.3, -0.25) is 9.59 Å². The highest BCUT2D eigenvalue weighted by Gasteiger charge is 2.31. The average Bonchev–Trinajstić information content (AvgIpc) is 2.95. The summed E-state index contributed by atoms with van der Waals surface area (Å²) in [4.78, 5) is 31.0. The van der Waals surface area contributed by atoms with E-state index < -0.39 is 0 Å². The molecule has 2 saturated heterocycles. The Morgan fingerprint density at radius 2 is 0.947 bits per heavy atom. The molecule has 0 spiro atoms. The molecule has 0 aromatic heterocycles. The first kappa shape index (κ1) is 26.8. The first-order chi connectivity index (χ1) is 18.5. The maximum atomic E-state index is 13.6.